The molecule has 3 atom stereocenters. The van der Waals surface area contributed by atoms with Crippen molar-refractivity contribution in [1.29, 1.82) is 0 Å². The first-order chi connectivity index (χ1) is 11.3. The van der Waals surface area contributed by atoms with Gasteiger partial charge in [0.25, 0.3) is 0 Å². The quantitative estimate of drug-likeness (QED) is 0.796. The summed E-state index contributed by atoms with van der Waals surface area (Å²) in [5.74, 6) is 1.34. The predicted octanol–water partition coefficient (Wildman–Crippen LogP) is 3.11. The molecule has 118 valence electrons. The van der Waals surface area contributed by atoms with Gasteiger partial charge in [-0.2, -0.15) is 0 Å². The van der Waals surface area contributed by atoms with Gasteiger partial charge in [0, 0.05) is 18.2 Å². The summed E-state index contributed by atoms with van der Waals surface area (Å²) < 4.78 is 10.9. The first kappa shape index (κ1) is 14.2. The minimum Gasteiger partial charge on any atom is -0.473 e. The fourth-order valence-electron chi connectivity index (χ4n) is 3.64. The Bertz CT molecular complexity index is 729. The summed E-state index contributed by atoms with van der Waals surface area (Å²) in [4.78, 5) is 16.3. The van der Waals surface area contributed by atoms with Gasteiger partial charge in [-0.3, -0.25) is 4.79 Å². The summed E-state index contributed by atoms with van der Waals surface area (Å²) in [5, 5.41) is 0. The molecule has 0 spiro atoms. The van der Waals surface area contributed by atoms with E-state index in [1.165, 1.54) is 11.1 Å². The molecule has 2 aromatic rings. The van der Waals surface area contributed by atoms with Gasteiger partial charge in [-0.25, -0.2) is 4.98 Å². The summed E-state index contributed by atoms with van der Waals surface area (Å²) in [7, 11) is 0. The normalized spacial score (nSPS) is 23.8. The van der Waals surface area contributed by atoms with Crippen molar-refractivity contribution in [2.45, 2.75) is 25.9 Å². The Morgan fingerprint density at radius 2 is 2.13 bits per heavy atom. The van der Waals surface area contributed by atoms with E-state index in [1.807, 2.05) is 49.5 Å². The Balaban J connectivity index is 1.43. The minimum absolute atomic E-state index is 0.0420. The third-order valence-electron chi connectivity index (χ3n) is 4.77. The highest BCUT2D eigenvalue weighted by Crippen LogP contribution is 2.61. The lowest BCUT2D eigenvalue weighted by molar-refractivity contribution is -0.145. The van der Waals surface area contributed by atoms with Gasteiger partial charge in [-0.05, 0) is 36.0 Å². The van der Waals surface area contributed by atoms with Crippen LogP contribution < -0.4 is 4.74 Å². The van der Waals surface area contributed by atoms with E-state index in [0.29, 0.717) is 30.9 Å². The highest BCUT2D eigenvalue weighted by atomic mass is 16.5. The number of fused-ring (bicyclic) bond motifs is 3. The summed E-state index contributed by atoms with van der Waals surface area (Å²) >= 11 is 0. The van der Waals surface area contributed by atoms with E-state index in [2.05, 4.69) is 4.98 Å². The van der Waals surface area contributed by atoms with E-state index in [9.17, 15) is 4.79 Å². The van der Waals surface area contributed by atoms with Crippen LogP contribution >= 0.6 is 0 Å². The number of esters is 1. The minimum atomic E-state index is -0.0578. The Kier molecular flexibility index (Phi) is 3.52. The summed E-state index contributed by atoms with van der Waals surface area (Å²) in [6.45, 7) is 2.82. The van der Waals surface area contributed by atoms with Crippen molar-refractivity contribution >= 4 is 5.97 Å². The molecule has 0 unspecified atom stereocenters. The Hall–Kier alpha value is -2.36. The molecule has 1 saturated carbocycles. The Morgan fingerprint density at radius 3 is 2.91 bits per heavy atom. The molecule has 0 aliphatic heterocycles. The van der Waals surface area contributed by atoms with Gasteiger partial charge < -0.3 is 9.47 Å². The molecule has 2 aliphatic carbocycles. The molecule has 1 fully saturated rings. The Labute approximate surface area is 135 Å². The molecular weight excluding hydrogens is 290 g/mol. The number of aromatic nitrogens is 1. The average Bonchev–Trinajstić information content (AvgIpc) is 3.16. The van der Waals surface area contributed by atoms with Gasteiger partial charge in [0.1, 0.15) is 6.61 Å². The molecule has 1 heterocycles. The number of ether oxygens (including phenoxy) is 2. The molecular formula is C19H19NO3. The largest absolute Gasteiger partial charge is 0.473 e. The molecule has 0 amide bonds. The van der Waals surface area contributed by atoms with Crippen molar-refractivity contribution < 1.29 is 14.3 Å². The third kappa shape index (κ3) is 2.58. The van der Waals surface area contributed by atoms with Crippen LogP contribution in [0, 0.1) is 11.8 Å². The maximum Gasteiger partial charge on any atom is 0.309 e. The fourth-order valence-corrected chi connectivity index (χ4v) is 3.64. The Morgan fingerprint density at radius 1 is 1.30 bits per heavy atom. The second kappa shape index (κ2) is 5.69. The van der Waals surface area contributed by atoms with Crippen LogP contribution in [0.2, 0.25) is 0 Å². The van der Waals surface area contributed by atoms with Crippen LogP contribution in [0.4, 0.5) is 0 Å². The lowest BCUT2D eigenvalue weighted by Gasteiger charge is -2.10. The van der Waals surface area contributed by atoms with Crippen LogP contribution in [0.25, 0.3) is 0 Å². The van der Waals surface area contributed by atoms with Crippen LogP contribution in [0.1, 0.15) is 29.5 Å². The van der Waals surface area contributed by atoms with Gasteiger partial charge in [0.15, 0.2) is 0 Å². The summed E-state index contributed by atoms with van der Waals surface area (Å²) in [6, 6.07) is 12.1. The van der Waals surface area contributed by atoms with E-state index >= 15 is 0 Å². The smallest absolute Gasteiger partial charge is 0.309 e. The van der Waals surface area contributed by atoms with Gasteiger partial charge in [0.2, 0.25) is 5.88 Å². The first-order valence-corrected chi connectivity index (χ1v) is 8.10. The monoisotopic (exact) mass is 309 g/mol. The highest BCUT2D eigenvalue weighted by molar-refractivity contribution is 5.79. The third-order valence-corrected chi connectivity index (χ3v) is 4.77. The zero-order chi connectivity index (χ0) is 15.8. The van der Waals surface area contributed by atoms with Crippen LogP contribution in [-0.2, 0) is 22.6 Å². The SMILES string of the molecule is CCOC(=O)[C@H]1[C@@H]2Cc3cc(OCc4ccccc4)ncc3[C@@H]21. The number of carbonyl (C=O) groups is 1. The summed E-state index contributed by atoms with van der Waals surface area (Å²) in [5.41, 5.74) is 3.58. The van der Waals surface area contributed by atoms with Crippen molar-refractivity contribution in [3.63, 3.8) is 0 Å². The van der Waals surface area contributed by atoms with E-state index < -0.39 is 0 Å². The molecule has 1 aromatic carbocycles. The second-order valence-corrected chi connectivity index (χ2v) is 6.17. The molecule has 4 heteroatoms. The molecule has 4 rings (SSSR count). The van der Waals surface area contributed by atoms with Gasteiger partial charge in [-0.1, -0.05) is 30.3 Å². The van der Waals surface area contributed by atoms with Crippen molar-refractivity contribution in [2.75, 3.05) is 6.61 Å². The van der Waals surface area contributed by atoms with Crippen LogP contribution in [0.5, 0.6) is 5.88 Å². The maximum atomic E-state index is 11.9. The van der Waals surface area contributed by atoms with Gasteiger partial charge in [-0.15, -0.1) is 0 Å². The molecule has 2 aliphatic rings. The number of carbonyl (C=O) groups excluding carboxylic acids is 1. The molecule has 23 heavy (non-hydrogen) atoms. The van der Waals surface area contributed by atoms with E-state index in [1.54, 1.807) is 0 Å². The van der Waals surface area contributed by atoms with Crippen LogP contribution in [-0.4, -0.2) is 17.6 Å². The molecule has 0 N–H and O–H groups in total. The molecule has 0 bridgehead atoms. The lowest BCUT2D eigenvalue weighted by Crippen LogP contribution is -2.11. The number of pyridine rings is 1. The zero-order valence-corrected chi connectivity index (χ0v) is 13.1. The maximum absolute atomic E-state index is 11.9. The van der Waals surface area contributed by atoms with Crippen molar-refractivity contribution in [3.8, 4) is 5.88 Å². The fraction of sp³-hybridized carbons (Fsp3) is 0.368. The molecule has 1 aromatic heterocycles. The van der Waals surface area contributed by atoms with E-state index in [0.717, 1.165) is 12.0 Å². The number of benzene rings is 1. The van der Waals surface area contributed by atoms with Gasteiger partial charge >= 0.3 is 5.97 Å². The highest BCUT2D eigenvalue weighted by Gasteiger charge is 2.60. The standard InChI is InChI=1S/C19H19NO3/c1-2-22-19(21)18-14-8-13-9-16(20-10-15(13)17(14)18)23-11-12-6-4-3-5-7-12/h3-7,9-10,14,17-18H,2,8,11H2,1H3/t14-,17-,18+/m1/s1. The predicted molar refractivity (Wildman–Crippen MR) is 85.1 cm³/mol. The van der Waals surface area contributed by atoms with Crippen molar-refractivity contribution in [2.24, 2.45) is 11.8 Å². The van der Waals surface area contributed by atoms with E-state index in [-0.39, 0.29) is 11.9 Å². The van der Waals surface area contributed by atoms with Crippen molar-refractivity contribution in [3.05, 3.63) is 59.3 Å². The van der Waals surface area contributed by atoms with Gasteiger partial charge in [0.05, 0.1) is 12.5 Å². The molecule has 4 nitrogen and oxygen atoms in total. The second-order valence-electron chi connectivity index (χ2n) is 6.17. The van der Waals surface area contributed by atoms with Crippen molar-refractivity contribution in [1.82, 2.24) is 4.98 Å². The lowest BCUT2D eigenvalue weighted by atomic mass is 10.0. The molecule has 0 saturated heterocycles. The van der Waals surface area contributed by atoms with E-state index in [4.69, 9.17) is 9.47 Å². The zero-order valence-electron chi connectivity index (χ0n) is 13.1. The average molecular weight is 309 g/mol. The molecule has 0 radical (unpaired) electrons. The topological polar surface area (TPSA) is 48.4 Å². The number of nitrogens with zero attached hydrogens (tertiary/aromatic N) is 1. The summed E-state index contributed by atoms with van der Waals surface area (Å²) in [6.07, 6.45) is 2.80. The number of hydrogen-bond acceptors (Lipinski definition) is 4. The number of hydrogen-bond donors (Lipinski definition) is 0. The van der Waals surface area contributed by atoms with Crippen LogP contribution in [0.15, 0.2) is 42.6 Å². The van der Waals surface area contributed by atoms with Crippen LogP contribution in [0.3, 0.4) is 0 Å². The number of rotatable bonds is 5. The first-order valence-electron chi connectivity index (χ1n) is 8.10.